The molecule has 3 heterocycles. The highest BCUT2D eigenvalue weighted by Gasteiger charge is 2.68. The number of fused-ring (bicyclic) bond motifs is 4. The largest absolute Gasteiger partial charge is 0.524 e. The van der Waals surface area contributed by atoms with E-state index in [0.717, 1.165) is 36.6 Å². The summed E-state index contributed by atoms with van der Waals surface area (Å²) in [7, 11) is -14.0. The number of alkyl halides is 8. The molecule has 1 fully saturated rings. The van der Waals surface area contributed by atoms with Crippen molar-refractivity contribution in [3.8, 4) is 28.7 Å². The zero-order valence-electron chi connectivity index (χ0n) is 45.1. The van der Waals surface area contributed by atoms with Crippen molar-refractivity contribution >= 4 is 61.6 Å². The predicted molar refractivity (Wildman–Crippen MR) is 283 cm³/mol. The van der Waals surface area contributed by atoms with Gasteiger partial charge in [0.25, 0.3) is 5.92 Å². The van der Waals surface area contributed by atoms with Gasteiger partial charge in [0.15, 0.2) is 42.2 Å². The number of hydrogen-bond donors (Lipinski definition) is 2. The van der Waals surface area contributed by atoms with Crippen molar-refractivity contribution in [2.45, 2.75) is 126 Å². The number of sulfone groups is 2. The maximum absolute atomic E-state index is 15.7. The maximum atomic E-state index is 15.7. The van der Waals surface area contributed by atoms with Crippen LogP contribution in [-0.4, -0.2) is 86.2 Å². The van der Waals surface area contributed by atoms with E-state index in [-0.39, 0.29) is 50.5 Å². The third kappa shape index (κ3) is 13.1. The molecule has 2 aliphatic carbocycles. The number of pyridine rings is 1. The fourth-order valence-corrected chi connectivity index (χ4v) is 13.0. The number of aryl methyl sites for hydroxylation is 2. The number of hydrogen-bond acceptors (Lipinski definition) is 11. The van der Waals surface area contributed by atoms with E-state index in [9.17, 15) is 75.9 Å². The topological polar surface area (TPSA) is 218 Å². The van der Waals surface area contributed by atoms with Gasteiger partial charge < -0.3 is 4.52 Å². The van der Waals surface area contributed by atoms with Gasteiger partial charge in [0.1, 0.15) is 46.6 Å². The lowest BCUT2D eigenvalue weighted by atomic mass is 9.76. The Balaban J connectivity index is 1.35. The van der Waals surface area contributed by atoms with Crippen LogP contribution >= 0.6 is 19.4 Å². The van der Waals surface area contributed by atoms with Crippen LogP contribution in [0.1, 0.15) is 120 Å². The molecule has 6 aromatic rings. The Labute approximate surface area is 473 Å². The van der Waals surface area contributed by atoms with Gasteiger partial charge in [0.2, 0.25) is 0 Å². The van der Waals surface area contributed by atoms with Crippen LogP contribution in [0.25, 0.3) is 22.0 Å². The van der Waals surface area contributed by atoms with Crippen LogP contribution in [0.3, 0.4) is 0 Å². The second-order valence-electron chi connectivity index (χ2n) is 22.2. The second-order valence-corrected chi connectivity index (χ2v) is 28.4. The minimum absolute atomic E-state index is 0.0517. The Kier molecular flexibility index (Phi) is 16.2. The first kappa shape index (κ1) is 62.9. The summed E-state index contributed by atoms with van der Waals surface area (Å²) >= 11 is 6.82. The molecule has 0 spiro atoms. The molecule has 0 radical (unpaired) electrons. The maximum Gasteiger partial charge on any atom is 0.524 e. The lowest BCUT2D eigenvalue weighted by Gasteiger charge is -2.30. The second kappa shape index (κ2) is 21.4. The van der Waals surface area contributed by atoms with Crippen molar-refractivity contribution in [1.82, 2.24) is 24.5 Å². The quantitative estimate of drug-likeness (QED) is 0.0465. The fraction of sp³-hybridized carbons (Fsp3) is 0.426. The predicted octanol–water partition coefficient (Wildman–Crippen LogP) is 11.3. The molecule has 3 aromatic heterocycles. The molecule has 3 aromatic carbocycles. The summed E-state index contributed by atoms with van der Waals surface area (Å²) in [6, 6.07) is 9.59. The highest BCUT2D eigenvalue weighted by Crippen LogP contribution is 2.68. The number of Topliss-reactive ketones (excluding diaryl/α,β-unsaturated/α-hetero) is 2. The summed E-state index contributed by atoms with van der Waals surface area (Å²) < 4.78 is 219. The van der Waals surface area contributed by atoms with E-state index in [4.69, 9.17) is 16.1 Å². The molecule has 83 heavy (non-hydrogen) atoms. The molecule has 4 atom stereocenters. The molecule has 2 N–H and O–H groups in total. The van der Waals surface area contributed by atoms with E-state index in [2.05, 4.69) is 27.0 Å². The summed E-state index contributed by atoms with van der Waals surface area (Å²) in [4.78, 5) is 53.5. The van der Waals surface area contributed by atoms with E-state index < -0.39 is 173 Å². The smallest absolute Gasteiger partial charge is 0.404 e. The lowest BCUT2D eigenvalue weighted by molar-refractivity contribution is -0.143. The standard InChI is InChI=1S/C54H51ClF10N5O10PS2/c1-26-15-27(2)43(40(16-26)80-81(73,74)75)50(3,4)23-39(72)47(82(7,76)77)45-42-38(55)12-11-35(46(42)70(67-45)25-52(58,59)60)34-10-9-32(13-14-51(5,6)83(8,78)79)66-44(34)29(17-28-18-30(56)21-31(57)19-28)20-33(71)24-69-49-41(48(68-69)54(63,64)65)36-22-37(36)53(49,61)62/h9-12,15-16,18-19,21,29,36-37,47H,17,20,22-25H2,1-8H3,(H2,73,74,75)/t29-,36+,37-,47?/m1/s1. The molecular formula is C54H51ClF10N5O10PS2. The summed E-state index contributed by atoms with van der Waals surface area (Å²) in [5.41, 5.74) is -7.17. The first-order valence-corrected chi connectivity index (χ1v) is 30.7. The van der Waals surface area contributed by atoms with Gasteiger partial charge in [-0.15, -0.1) is 0 Å². The third-order valence-electron chi connectivity index (χ3n) is 14.5. The minimum atomic E-state index is -5.26. The van der Waals surface area contributed by atoms with E-state index >= 15 is 8.78 Å². The van der Waals surface area contributed by atoms with Crippen LogP contribution in [0.15, 0.2) is 54.6 Å². The zero-order chi connectivity index (χ0) is 61.9. The number of carbonyl (C=O) groups is 2. The van der Waals surface area contributed by atoms with E-state index in [1.54, 1.807) is 13.0 Å². The van der Waals surface area contributed by atoms with Crippen LogP contribution in [0.5, 0.6) is 5.75 Å². The van der Waals surface area contributed by atoms with Gasteiger partial charge >= 0.3 is 20.2 Å². The Morgan fingerprint density at radius 2 is 1.52 bits per heavy atom. The molecule has 446 valence electrons. The molecule has 15 nitrogen and oxygen atoms in total. The van der Waals surface area contributed by atoms with E-state index in [0.29, 0.717) is 28.1 Å². The number of benzene rings is 3. The SMILES string of the molecule is Cc1cc(C)c(C(C)(C)CC(=O)C(c2nn(CC(F)(F)F)c3c(-c4ccc(C#CC(C)(C)S(C)(=O)=O)nc4[C@@H](CC(=O)Cn4nc(C(F)(F)F)c5c4C(F)(F)[C@@H]4C[C@H]54)Cc4cc(F)cc(F)c4)ccc(Cl)c23)S(C)(=O)=O)c(OP(=O)(O)O)c1. The molecule has 1 unspecified atom stereocenters. The number of carbonyl (C=O) groups excluding carboxylic acids is 2. The molecule has 0 saturated heterocycles. The van der Waals surface area contributed by atoms with Crippen LogP contribution in [-0.2, 0) is 70.9 Å². The van der Waals surface area contributed by atoms with Crippen LogP contribution in [0.4, 0.5) is 43.9 Å². The van der Waals surface area contributed by atoms with E-state index in [1.165, 1.54) is 46.8 Å². The van der Waals surface area contributed by atoms with Crippen LogP contribution in [0, 0.1) is 43.2 Å². The highest BCUT2D eigenvalue weighted by atomic mass is 35.5. The summed E-state index contributed by atoms with van der Waals surface area (Å²) in [5.74, 6) is -7.92. The number of phosphoric acid groups is 1. The van der Waals surface area contributed by atoms with Crippen molar-refractivity contribution in [2.24, 2.45) is 5.92 Å². The normalized spacial score (nSPS) is 17.2. The molecule has 0 amide bonds. The average molecular weight is 1250 g/mol. The van der Waals surface area contributed by atoms with Gasteiger partial charge in [-0.05, 0) is 105 Å². The molecular weight excluding hydrogens is 1200 g/mol. The first-order valence-electron chi connectivity index (χ1n) is 25.0. The Morgan fingerprint density at radius 1 is 0.892 bits per heavy atom. The van der Waals surface area contributed by atoms with Crippen molar-refractivity contribution < 1.29 is 89.2 Å². The summed E-state index contributed by atoms with van der Waals surface area (Å²) in [6.07, 6.45) is -11.6. The Bertz CT molecular complexity index is 4010. The number of aromatic nitrogens is 5. The molecule has 8 rings (SSSR count). The number of halogens is 11. The van der Waals surface area contributed by atoms with Gasteiger partial charge in [0.05, 0.1) is 21.9 Å². The van der Waals surface area contributed by atoms with Gasteiger partial charge in [-0.25, -0.2) is 35.2 Å². The van der Waals surface area contributed by atoms with Gasteiger partial charge in [-0.1, -0.05) is 43.5 Å². The fourth-order valence-electron chi connectivity index (χ4n) is 11.0. The summed E-state index contributed by atoms with van der Waals surface area (Å²) in [6.45, 7) is 5.20. The Morgan fingerprint density at radius 3 is 2.10 bits per heavy atom. The number of ketones is 2. The van der Waals surface area contributed by atoms with Crippen molar-refractivity contribution in [1.29, 1.82) is 0 Å². The average Bonchev–Trinajstić information content (AvgIpc) is 1.70. The monoisotopic (exact) mass is 1250 g/mol. The minimum Gasteiger partial charge on any atom is -0.404 e. The molecule has 29 heteroatoms. The van der Waals surface area contributed by atoms with Gasteiger partial charge in [-0.2, -0.15) is 45.3 Å². The van der Waals surface area contributed by atoms with Gasteiger partial charge in [0, 0.05) is 76.3 Å². The molecule has 1 saturated carbocycles. The van der Waals surface area contributed by atoms with Crippen molar-refractivity contribution in [3.05, 3.63) is 128 Å². The number of nitrogens with zero attached hydrogens (tertiary/aromatic N) is 5. The highest BCUT2D eigenvalue weighted by molar-refractivity contribution is 7.92. The lowest BCUT2D eigenvalue weighted by Crippen LogP contribution is -2.30. The molecule has 0 bridgehead atoms. The summed E-state index contributed by atoms with van der Waals surface area (Å²) in [5, 5.41) is 4.10. The van der Waals surface area contributed by atoms with Crippen LogP contribution < -0.4 is 4.52 Å². The number of rotatable bonds is 18. The molecule has 2 aliphatic rings. The van der Waals surface area contributed by atoms with Crippen LogP contribution in [0.2, 0.25) is 5.02 Å². The van der Waals surface area contributed by atoms with E-state index in [1.807, 2.05) is 0 Å². The van der Waals surface area contributed by atoms with Gasteiger partial charge in [-0.3, -0.25) is 28.7 Å². The first-order chi connectivity index (χ1) is 37.9. The Hall–Kier alpha value is -6.17. The zero-order valence-corrected chi connectivity index (χ0v) is 48.3. The number of phosphoric ester groups is 1. The van der Waals surface area contributed by atoms with Crippen molar-refractivity contribution in [3.63, 3.8) is 0 Å². The molecule has 0 aliphatic heterocycles. The third-order valence-corrected chi connectivity index (χ3v) is 18.6. The van der Waals surface area contributed by atoms with Crippen molar-refractivity contribution in [2.75, 3.05) is 12.5 Å².